The van der Waals surface area contributed by atoms with E-state index in [4.69, 9.17) is 26.0 Å². The number of ether oxygens (including phenoxy) is 1. The van der Waals surface area contributed by atoms with Crippen LogP contribution < -0.4 is 17.2 Å². The molecule has 1 aliphatic rings. The fourth-order valence-corrected chi connectivity index (χ4v) is 6.40. The van der Waals surface area contributed by atoms with Gasteiger partial charge in [0.25, 0.3) is 0 Å². The van der Waals surface area contributed by atoms with Crippen molar-refractivity contribution < 1.29 is 60.6 Å². The van der Waals surface area contributed by atoms with Gasteiger partial charge in [-0.15, -0.1) is 0 Å². The molecule has 21 heteroatoms. The van der Waals surface area contributed by atoms with E-state index in [1.54, 1.807) is 0 Å². The third-order valence-corrected chi connectivity index (χ3v) is 8.37. The van der Waals surface area contributed by atoms with Crippen molar-refractivity contribution in [3.05, 3.63) is 22.2 Å². The number of nitrogens with two attached hydrogens (primary N) is 2. The number of aliphatic hydroxyl groups is 1. The van der Waals surface area contributed by atoms with Gasteiger partial charge < -0.3 is 40.9 Å². The zero-order valence-corrected chi connectivity index (χ0v) is 20.5. The van der Waals surface area contributed by atoms with Gasteiger partial charge in [0.15, 0.2) is 11.8 Å². The van der Waals surface area contributed by atoms with Crippen LogP contribution in [0, 0.1) is 18.8 Å². The molecule has 0 spiro atoms. The summed E-state index contributed by atoms with van der Waals surface area (Å²) in [4.78, 5) is 52.2. The number of nitrogen functional groups attached to an aromatic ring is 1. The minimum atomic E-state index is -5.82. The molecule has 0 radical (unpaired) electrons. The number of aromatic nitrogens is 2. The van der Waals surface area contributed by atoms with Gasteiger partial charge in [-0.1, -0.05) is 11.8 Å². The maximum atomic E-state index is 12.8. The van der Waals surface area contributed by atoms with Gasteiger partial charge in [-0.3, -0.25) is 9.09 Å². The predicted octanol–water partition coefficient (Wildman–Crippen LogP) is -1.21. The van der Waals surface area contributed by atoms with Crippen molar-refractivity contribution in [3.63, 3.8) is 0 Å². The summed E-state index contributed by atoms with van der Waals surface area (Å²) >= 11 is 0. The van der Waals surface area contributed by atoms with Crippen LogP contribution in [0.25, 0.3) is 0 Å². The minimum absolute atomic E-state index is 0.137. The molecule has 9 N–H and O–H groups in total. The molecule has 0 saturated carbocycles. The summed E-state index contributed by atoms with van der Waals surface area (Å²) in [6, 6.07) is 1.25. The highest BCUT2D eigenvalue weighted by Gasteiger charge is 2.57. The van der Waals surface area contributed by atoms with E-state index in [0.29, 0.717) is 0 Å². The number of phosphoric ester groups is 1. The van der Waals surface area contributed by atoms with Gasteiger partial charge in [-0.05, 0) is 19.9 Å². The number of nitrogens with zero attached hydrogens (tertiary/aromatic N) is 2. The molecule has 1 aliphatic heterocycles. The lowest BCUT2D eigenvalue weighted by Gasteiger charge is -2.29. The van der Waals surface area contributed by atoms with Gasteiger partial charge in [0.05, 0.1) is 6.10 Å². The number of aryl methyl sites for hydroxylation is 1. The van der Waals surface area contributed by atoms with Crippen molar-refractivity contribution >= 4 is 29.3 Å². The summed E-state index contributed by atoms with van der Waals surface area (Å²) in [5.41, 5.74) is 8.61. The summed E-state index contributed by atoms with van der Waals surface area (Å²) < 4.78 is 65.5. The molecule has 198 valence electrons. The van der Waals surface area contributed by atoms with Crippen LogP contribution in [0.4, 0.5) is 10.2 Å². The van der Waals surface area contributed by atoms with Gasteiger partial charge >= 0.3 is 29.2 Å². The van der Waals surface area contributed by atoms with E-state index in [1.807, 2.05) is 5.92 Å². The van der Waals surface area contributed by atoms with E-state index in [2.05, 4.69) is 24.0 Å². The minimum Gasteiger partial charge on any atom is -0.387 e. The van der Waals surface area contributed by atoms with Gasteiger partial charge in [-0.2, -0.15) is 13.6 Å². The largest absolute Gasteiger partial charge is 0.490 e. The van der Waals surface area contributed by atoms with Gasteiger partial charge in [0, 0.05) is 5.69 Å². The molecule has 1 aromatic heterocycles. The molecule has 0 bridgehead atoms. The molecule has 35 heavy (non-hydrogen) atoms. The van der Waals surface area contributed by atoms with Crippen molar-refractivity contribution in [2.45, 2.75) is 43.9 Å². The summed E-state index contributed by atoms with van der Waals surface area (Å²) in [7, 11) is -17.1. The first-order valence-electron chi connectivity index (χ1n) is 9.18. The first-order chi connectivity index (χ1) is 15.8. The van der Waals surface area contributed by atoms with Crippen LogP contribution in [0.3, 0.4) is 0 Å². The quantitative estimate of drug-likeness (QED) is 0.144. The topological polar surface area (TPSA) is 276 Å². The molecule has 0 aromatic carbocycles. The van der Waals surface area contributed by atoms with Crippen LogP contribution in [-0.2, 0) is 31.6 Å². The Hall–Kier alpha value is -1.54. The van der Waals surface area contributed by atoms with Gasteiger partial charge in [-0.25, -0.2) is 22.9 Å². The zero-order valence-electron chi connectivity index (χ0n) is 17.9. The third kappa shape index (κ3) is 7.25. The molecule has 1 aromatic rings. The summed E-state index contributed by atoms with van der Waals surface area (Å²) in [5.74, 6) is 4.08. The lowest BCUT2D eigenvalue weighted by Crippen LogP contribution is -2.56. The monoisotopic (exact) mass is 566 g/mol. The van der Waals surface area contributed by atoms with Crippen molar-refractivity contribution in [1.82, 2.24) is 9.55 Å². The molecule has 1 saturated heterocycles. The SMILES string of the molecule is Cc1cc(N)nc(=O)n1[C@@H]1O[C@H]([C@H](C)OP(=O)(O)OP(=O)(O)OP(=O)(O)O)C(O)[C@]1(N)C#CCF. The Morgan fingerprint density at radius 2 is 1.89 bits per heavy atom. The second kappa shape index (κ2) is 10.4. The van der Waals surface area contributed by atoms with E-state index >= 15 is 0 Å². The van der Waals surface area contributed by atoms with Crippen LogP contribution >= 0.6 is 23.5 Å². The Morgan fingerprint density at radius 3 is 2.40 bits per heavy atom. The summed E-state index contributed by atoms with van der Waals surface area (Å²) in [6.07, 6.45) is -7.02. The molecule has 2 rings (SSSR count). The van der Waals surface area contributed by atoms with Crippen LogP contribution in [0.2, 0.25) is 0 Å². The standard InChI is InChI=1S/C14H22FN4O13P3/c1-7-6-9(16)18-13(21)19(7)12-14(17,4-3-5-15)11(20)10(29-12)8(2)30-34(25,26)32-35(27,28)31-33(22,23)24/h6,8,10-12,20H,5,17H2,1-2H3,(H,25,26)(H,27,28)(H2,16,18,21)(H2,22,23,24)/t8-,10+,11?,12+,14+/m0/s1. The first kappa shape index (κ1) is 29.7. The fourth-order valence-electron chi connectivity index (χ4n) is 3.20. The molecular weight excluding hydrogens is 544 g/mol. The molecule has 0 amide bonds. The molecular formula is C14H22FN4O13P3. The van der Waals surface area contributed by atoms with Gasteiger partial charge in [0.2, 0.25) is 0 Å². The molecule has 0 aliphatic carbocycles. The average Bonchev–Trinajstić information content (AvgIpc) is 2.88. The van der Waals surface area contributed by atoms with Crippen LogP contribution in [0.15, 0.2) is 10.9 Å². The number of hydrogen-bond donors (Lipinski definition) is 7. The Kier molecular flexibility index (Phi) is 8.86. The Morgan fingerprint density at radius 1 is 1.29 bits per heavy atom. The Bertz CT molecular complexity index is 1230. The Labute approximate surface area is 196 Å². The van der Waals surface area contributed by atoms with Crippen molar-refractivity contribution in [2.75, 3.05) is 12.4 Å². The highest BCUT2D eigenvalue weighted by Crippen LogP contribution is 2.66. The summed E-state index contributed by atoms with van der Waals surface area (Å²) in [5, 5.41) is 10.8. The lowest BCUT2D eigenvalue weighted by molar-refractivity contribution is -0.0760. The highest BCUT2D eigenvalue weighted by atomic mass is 31.3. The fraction of sp³-hybridized carbons (Fsp3) is 0.571. The predicted molar refractivity (Wildman–Crippen MR) is 113 cm³/mol. The molecule has 3 unspecified atom stereocenters. The number of phosphoric acid groups is 3. The van der Waals surface area contributed by atoms with Crippen LogP contribution in [-0.4, -0.2) is 64.8 Å². The van der Waals surface area contributed by atoms with Crippen molar-refractivity contribution in [2.24, 2.45) is 5.73 Å². The van der Waals surface area contributed by atoms with Crippen LogP contribution in [0.5, 0.6) is 0 Å². The average molecular weight is 566 g/mol. The smallest absolute Gasteiger partial charge is 0.387 e. The molecule has 17 nitrogen and oxygen atoms in total. The van der Waals surface area contributed by atoms with Gasteiger partial charge in [0.1, 0.15) is 24.7 Å². The summed E-state index contributed by atoms with van der Waals surface area (Å²) in [6.45, 7) is 1.21. The van der Waals surface area contributed by atoms with Crippen molar-refractivity contribution in [3.8, 4) is 11.8 Å². The second-order valence-electron chi connectivity index (χ2n) is 7.14. The maximum Gasteiger partial charge on any atom is 0.490 e. The number of alkyl halides is 1. The van der Waals surface area contributed by atoms with E-state index in [9.17, 15) is 37.8 Å². The number of halogens is 1. The number of hydrogen-bond acceptors (Lipinski definition) is 12. The van der Waals surface area contributed by atoms with Crippen LogP contribution in [0.1, 0.15) is 18.8 Å². The van der Waals surface area contributed by atoms with E-state index < -0.39 is 65.9 Å². The normalized spacial score (nSPS) is 29.0. The Balaban J connectivity index is 2.39. The zero-order chi connectivity index (χ0) is 27.0. The van der Waals surface area contributed by atoms with E-state index in [-0.39, 0.29) is 11.5 Å². The number of rotatable bonds is 8. The highest BCUT2D eigenvalue weighted by molar-refractivity contribution is 7.66. The molecule has 2 heterocycles. The lowest BCUT2D eigenvalue weighted by atomic mass is 9.90. The first-order valence-corrected chi connectivity index (χ1v) is 13.7. The second-order valence-corrected chi connectivity index (χ2v) is 11.5. The third-order valence-electron chi connectivity index (χ3n) is 4.45. The van der Waals surface area contributed by atoms with E-state index in [1.165, 1.54) is 13.0 Å². The number of aliphatic hydroxyl groups excluding tert-OH is 1. The molecule has 1 fully saturated rings. The van der Waals surface area contributed by atoms with Crippen molar-refractivity contribution in [1.29, 1.82) is 0 Å². The number of anilines is 1. The maximum absolute atomic E-state index is 12.8. The van der Waals surface area contributed by atoms with E-state index in [0.717, 1.165) is 11.5 Å². The molecule has 7 atom stereocenters.